The molecule has 0 bridgehead atoms. The molecule has 30 heavy (non-hydrogen) atoms. The Kier molecular flexibility index (Phi) is 7.90. The minimum absolute atomic E-state index is 0.142. The molecule has 2 aromatic carbocycles. The van der Waals surface area contributed by atoms with Crippen LogP contribution in [0.2, 0.25) is 0 Å². The van der Waals surface area contributed by atoms with Crippen molar-refractivity contribution in [2.24, 2.45) is 0 Å². The molecule has 1 amide bonds. The van der Waals surface area contributed by atoms with Crippen LogP contribution >= 0.6 is 11.8 Å². The van der Waals surface area contributed by atoms with Gasteiger partial charge in [0.15, 0.2) is 11.0 Å². The van der Waals surface area contributed by atoms with E-state index in [1.165, 1.54) is 11.1 Å². The minimum atomic E-state index is -0.142. The molecule has 1 aromatic heterocycles. The molecule has 158 valence electrons. The third kappa shape index (κ3) is 5.86. The molecule has 1 heterocycles. The largest absolute Gasteiger partial charge is 0.497 e. The maximum Gasteiger partial charge on any atom is 0.251 e. The molecule has 0 saturated carbocycles. The monoisotopic (exact) mass is 424 g/mol. The summed E-state index contributed by atoms with van der Waals surface area (Å²) in [6, 6.07) is 15.5. The van der Waals surface area contributed by atoms with E-state index < -0.39 is 0 Å². The number of benzene rings is 2. The molecule has 0 aliphatic heterocycles. The minimum Gasteiger partial charge on any atom is -0.497 e. The average Bonchev–Trinajstić information content (AvgIpc) is 3.16. The van der Waals surface area contributed by atoms with E-state index in [4.69, 9.17) is 4.74 Å². The third-order valence-electron chi connectivity index (χ3n) is 4.74. The van der Waals surface area contributed by atoms with Crippen LogP contribution in [0.25, 0.3) is 0 Å². The summed E-state index contributed by atoms with van der Waals surface area (Å²) in [6.07, 6.45) is 2.12. The summed E-state index contributed by atoms with van der Waals surface area (Å²) in [5.41, 5.74) is 3.10. The Morgan fingerprint density at radius 2 is 1.97 bits per heavy atom. The molecule has 3 rings (SSSR count). The number of nitrogens with zero attached hydrogens (tertiary/aromatic N) is 3. The first-order chi connectivity index (χ1) is 14.6. The zero-order chi connectivity index (χ0) is 21.3. The number of methoxy groups -OCH3 is 1. The smallest absolute Gasteiger partial charge is 0.251 e. The number of carbonyl (C=O) groups is 1. The van der Waals surface area contributed by atoms with E-state index in [0.717, 1.165) is 41.9 Å². The van der Waals surface area contributed by atoms with Crippen LogP contribution in [-0.2, 0) is 18.8 Å². The molecule has 0 saturated heterocycles. The number of ether oxygens (including phenoxy) is 1. The highest BCUT2D eigenvalue weighted by molar-refractivity contribution is 7.98. The molecule has 0 unspecified atom stereocenters. The van der Waals surface area contributed by atoms with Crippen molar-refractivity contribution in [1.82, 2.24) is 20.1 Å². The van der Waals surface area contributed by atoms with Gasteiger partial charge in [-0.25, -0.2) is 0 Å². The summed E-state index contributed by atoms with van der Waals surface area (Å²) in [5, 5.41) is 12.6. The maximum absolute atomic E-state index is 12.5. The summed E-state index contributed by atoms with van der Waals surface area (Å²) in [4.78, 5) is 12.5. The number of carbonyl (C=O) groups excluding carboxylic acids is 1. The lowest BCUT2D eigenvalue weighted by molar-refractivity contribution is 0.0949. The summed E-state index contributed by atoms with van der Waals surface area (Å²) < 4.78 is 7.26. The zero-order valence-corrected chi connectivity index (χ0v) is 18.5. The van der Waals surface area contributed by atoms with E-state index in [0.29, 0.717) is 12.1 Å². The van der Waals surface area contributed by atoms with Crippen LogP contribution < -0.4 is 10.1 Å². The van der Waals surface area contributed by atoms with Gasteiger partial charge in [-0.05, 0) is 43.2 Å². The molecule has 0 aliphatic rings. The number of hydrogen-bond donors (Lipinski definition) is 1. The van der Waals surface area contributed by atoms with Crippen LogP contribution in [0.4, 0.5) is 0 Å². The van der Waals surface area contributed by atoms with Gasteiger partial charge in [0, 0.05) is 17.9 Å². The molecule has 6 nitrogen and oxygen atoms in total. The molecule has 0 spiro atoms. The lowest BCUT2D eigenvalue weighted by atomic mass is 10.2. The van der Waals surface area contributed by atoms with Gasteiger partial charge in [0.05, 0.1) is 13.7 Å². The normalized spacial score (nSPS) is 10.8. The van der Waals surface area contributed by atoms with Crippen LogP contribution in [0, 0.1) is 6.92 Å². The second-order valence-electron chi connectivity index (χ2n) is 7.09. The van der Waals surface area contributed by atoms with Crippen molar-refractivity contribution in [3.8, 4) is 5.75 Å². The highest BCUT2D eigenvalue weighted by Gasteiger charge is 2.14. The SMILES string of the molecule is CCCCn1c(CNC(=O)c2ccc(OC)cc2)nnc1SCc1cccc(C)c1. The Balaban J connectivity index is 1.66. The van der Waals surface area contributed by atoms with Crippen LogP contribution in [0.5, 0.6) is 5.75 Å². The molecule has 3 aromatic rings. The van der Waals surface area contributed by atoms with Crippen molar-refractivity contribution in [2.45, 2.75) is 50.7 Å². The Bertz CT molecular complexity index is 970. The van der Waals surface area contributed by atoms with E-state index >= 15 is 0 Å². The standard InChI is InChI=1S/C23H28N4O2S/c1-4-5-13-27-21(15-24-22(28)19-9-11-20(29-3)12-10-19)25-26-23(27)30-16-18-8-6-7-17(2)14-18/h6-12,14H,4-5,13,15-16H2,1-3H3,(H,24,28). The van der Waals surface area contributed by atoms with Crippen molar-refractivity contribution < 1.29 is 9.53 Å². The second-order valence-corrected chi connectivity index (χ2v) is 8.04. The quantitative estimate of drug-likeness (QED) is 0.481. The summed E-state index contributed by atoms with van der Waals surface area (Å²) in [6.45, 7) is 5.44. The Morgan fingerprint density at radius 3 is 2.67 bits per heavy atom. The summed E-state index contributed by atoms with van der Waals surface area (Å²) in [5.74, 6) is 2.19. The fourth-order valence-electron chi connectivity index (χ4n) is 3.05. The second kappa shape index (κ2) is 10.8. The number of aryl methyl sites for hydroxylation is 1. The van der Waals surface area contributed by atoms with Gasteiger partial charge in [0.2, 0.25) is 0 Å². The van der Waals surface area contributed by atoms with Crippen LogP contribution in [-0.4, -0.2) is 27.8 Å². The molecule has 7 heteroatoms. The summed E-state index contributed by atoms with van der Waals surface area (Å²) in [7, 11) is 1.60. The van der Waals surface area contributed by atoms with Crippen LogP contribution in [0.1, 0.15) is 47.1 Å². The number of rotatable bonds is 10. The first-order valence-electron chi connectivity index (χ1n) is 10.1. The number of thioether (sulfide) groups is 1. The number of amides is 1. The van der Waals surface area contributed by atoms with Gasteiger partial charge in [-0.15, -0.1) is 10.2 Å². The summed E-state index contributed by atoms with van der Waals surface area (Å²) >= 11 is 1.68. The average molecular weight is 425 g/mol. The van der Waals surface area contributed by atoms with Crippen molar-refractivity contribution in [1.29, 1.82) is 0 Å². The molecular formula is C23H28N4O2S. The van der Waals surface area contributed by atoms with E-state index in [1.54, 1.807) is 43.1 Å². The van der Waals surface area contributed by atoms with Crippen molar-refractivity contribution in [3.63, 3.8) is 0 Å². The van der Waals surface area contributed by atoms with Gasteiger partial charge in [-0.1, -0.05) is 54.9 Å². The predicted molar refractivity (Wildman–Crippen MR) is 120 cm³/mol. The van der Waals surface area contributed by atoms with Gasteiger partial charge >= 0.3 is 0 Å². The number of hydrogen-bond acceptors (Lipinski definition) is 5. The number of unbranched alkanes of at least 4 members (excludes halogenated alkanes) is 1. The van der Waals surface area contributed by atoms with Crippen LogP contribution in [0.3, 0.4) is 0 Å². The molecule has 0 atom stereocenters. The zero-order valence-electron chi connectivity index (χ0n) is 17.7. The molecule has 0 aliphatic carbocycles. The molecular weight excluding hydrogens is 396 g/mol. The van der Waals surface area contributed by atoms with Gasteiger partial charge in [0.25, 0.3) is 5.91 Å². The first kappa shape index (κ1) is 21.9. The Hall–Kier alpha value is -2.80. The number of aromatic nitrogens is 3. The van der Waals surface area contributed by atoms with Gasteiger partial charge in [-0.2, -0.15) is 0 Å². The molecule has 1 N–H and O–H groups in total. The van der Waals surface area contributed by atoms with Crippen molar-refractivity contribution in [3.05, 3.63) is 71.0 Å². The van der Waals surface area contributed by atoms with E-state index in [-0.39, 0.29) is 5.91 Å². The lowest BCUT2D eigenvalue weighted by Gasteiger charge is -2.11. The highest BCUT2D eigenvalue weighted by Crippen LogP contribution is 2.23. The number of nitrogens with one attached hydrogen (secondary N) is 1. The van der Waals surface area contributed by atoms with Crippen molar-refractivity contribution >= 4 is 17.7 Å². The topological polar surface area (TPSA) is 69.0 Å². The van der Waals surface area contributed by atoms with E-state index in [1.807, 2.05) is 0 Å². The first-order valence-corrected chi connectivity index (χ1v) is 11.1. The predicted octanol–water partition coefficient (Wildman–Crippen LogP) is 4.62. The van der Waals surface area contributed by atoms with Gasteiger partial charge < -0.3 is 14.6 Å². The third-order valence-corrected chi connectivity index (χ3v) is 5.78. The lowest BCUT2D eigenvalue weighted by Crippen LogP contribution is -2.25. The van der Waals surface area contributed by atoms with Gasteiger partial charge in [0.1, 0.15) is 5.75 Å². The fourth-order valence-corrected chi connectivity index (χ4v) is 3.98. The highest BCUT2D eigenvalue weighted by atomic mass is 32.2. The maximum atomic E-state index is 12.5. The van der Waals surface area contributed by atoms with Crippen molar-refractivity contribution in [2.75, 3.05) is 7.11 Å². The van der Waals surface area contributed by atoms with E-state index in [9.17, 15) is 4.79 Å². The Morgan fingerprint density at radius 1 is 1.17 bits per heavy atom. The van der Waals surface area contributed by atoms with Crippen LogP contribution in [0.15, 0.2) is 53.7 Å². The fraction of sp³-hybridized carbons (Fsp3) is 0.348. The molecule has 0 fully saturated rings. The molecule has 0 radical (unpaired) electrons. The van der Waals surface area contributed by atoms with Gasteiger partial charge in [-0.3, -0.25) is 4.79 Å². The Labute approximate surface area is 182 Å². The van der Waals surface area contributed by atoms with E-state index in [2.05, 4.69) is 58.2 Å².